The quantitative estimate of drug-likeness (QED) is 0.860. The van der Waals surface area contributed by atoms with E-state index in [1.807, 2.05) is 6.07 Å². The first-order valence-electron chi connectivity index (χ1n) is 4.38. The predicted octanol–water partition coefficient (Wildman–Crippen LogP) is 3.44. The van der Waals surface area contributed by atoms with Crippen LogP contribution in [0.2, 0.25) is 5.02 Å². The second kappa shape index (κ2) is 5.92. The minimum atomic E-state index is -0.379. The number of hydrogen-bond acceptors (Lipinski definition) is 2. The molecule has 0 radical (unpaired) electrons. The highest BCUT2D eigenvalue weighted by molar-refractivity contribution is 9.10. The molecular formula is C11H10BrClN2. The van der Waals surface area contributed by atoms with Gasteiger partial charge in [-0.05, 0) is 23.8 Å². The molecule has 0 heterocycles. The van der Waals surface area contributed by atoms with Crippen LogP contribution in [0.1, 0.15) is 11.6 Å². The number of nitrogens with one attached hydrogen (secondary N) is 1. The fraction of sp³-hybridized carbons (Fsp3) is 0.182. The Morgan fingerprint density at radius 1 is 1.67 bits per heavy atom. The van der Waals surface area contributed by atoms with Gasteiger partial charge in [0.2, 0.25) is 0 Å². The molecule has 0 saturated carbocycles. The zero-order chi connectivity index (χ0) is 11.3. The van der Waals surface area contributed by atoms with Crippen LogP contribution in [-0.4, -0.2) is 6.54 Å². The maximum atomic E-state index is 9.01. The van der Waals surface area contributed by atoms with Crippen LogP contribution in [0.5, 0.6) is 0 Å². The molecule has 0 spiro atoms. The lowest BCUT2D eigenvalue weighted by Crippen LogP contribution is -2.20. The molecule has 1 rings (SSSR count). The van der Waals surface area contributed by atoms with E-state index in [4.69, 9.17) is 16.9 Å². The van der Waals surface area contributed by atoms with Gasteiger partial charge in [0.25, 0.3) is 0 Å². The number of benzene rings is 1. The van der Waals surface area contributed by atoms with Gasteiger partial charge in [0.05, 0.1) is 6.07 Å². The summed E-state index contributed by atoms with van der Waals surface area (Å²) in [5.74, 6) is 0. The Morgan fingerprint density at radius 2 is 2.40 bits per heavy atom. The fourth-order valence-corrected chi connectivity index (χ4v) is 1.82. The summed E-state index contributed by atoms with van der Waals surface area (Å²) in [4.78, 5) is 0. The van der Waals surface area contributed by atoms with Gasteiger partial charge in [-0.1, -0.05) is 33.6 Å². The van der Waals surface area contributed by atoms with Gasteiger partial charge in [-0.15, -0.1) is 6.58 Å². The zero-order valence-corrected chi connectivity index (χ0v) is 10.3. The van der Waals surface area contributed by atoms with Crippen molar-refractivity contribution in [3.8, 4) is 6.07 Å². The Hall–Kier alpha value is -0.820. The monoisotopic (exact) mass is 284 g/mol. The molecule has 0 aliphatic carbocycles. The van der Waals surface area contributed by atoms with E-state index in [1.54, 1.807) is 18.2 Å². The maximum Gasteiger partial charge on any atom is 0.122 e. The lowest BCUT2D eigenvalue weighted by atomic mass is 10.1. The molecule has 2 nitrogen and oxygen atoms in total. The van der Waals surface area contributed by atoms with Crippen molar-refractivity contribution in [1.82, 2.24) is 5.32 Å². The Kier molecular flexibility index (Phi) is 4.83. The van der Waals surface area contributed by atoms with Crippen molar-refractivity contribution >= 4 is 27.5 Å². The van der Waals surface area contributed by atoms with Crippen LogP contribution >= 0.6 is 27.5 Å². The summed E-state index contributed by atoms with van der Waals surface area (Å²) in [5.41, 5.74) is 0.840. The highest BCUT2D eigenvalue weighted by Gasteiger charge is 2.12. The second-order valence-electron chi connectivity index (χ2n) is 2.92. The second-order valence-corrected chi connectivity index (χ2v) is 4.22. The van der Waals surface area contributed by atoms with Gasteiger partial charge >= 0.3 is 0 Å². The van der Waals surface area contributed by atoms with Crippen LogP contribution in [0.15, 0.2) is 35.3 Å². The van der Waals surface area contributed by atoms with Crippen molar-refractivity contribution in [2.45, 2.75) is 6.04 Å². The van der Waals surface area contributed by atoms with Crippen LogP contribution in [-0.2, 0) is 0 Å². The van der Waals surface area contributed by atoms with Crippen molar-refractivity contribution in [3.05, 3.63) is 45.9 Å². The molecule has 1 unspecified atom stereocenters. The first-order chi connectivity index (χ1) is 7.19. The van der Waals surface area contributed by atoms with Gasteiger partial charge in [-0.3, -0.25) is 5.32 Å². The molecule has 0 aliphatic rings. The number of nitrogens with zero attached hydrogens (tertiary/aromatic N) is 1. The molecule has 1 atom stereocenters. The molecule has 0 aromatic heterocycles. The topological polar surface area (TPSA) is 35.8 Å². The smallest absolute Gasteiger partial charge is 0.122 e. The average Bonchev–Trinajstić information content (AvgIpc) is 2.24. The largest absolute Gasteiger partial charge is 0.295 e. The van der Waals surface area contributed by atoms with Crippen molar-refractivity contribution in [3.63, 3.8) is 0 Å². The number of rotatable bonds is 4. The first-order valence-corrected chi connectivity index (χ1v) is 5.55. The molecule has 15 heavy (non-hydrogen) atoms. The third-order valence-corrected chi connectivity index (χ3v) is 2.82. The van der Waals surface area contributed by atoms with Crippen LogP contribution in [0.4, 0.5) is 0 Å². The summed E-state index contributed by atoms with van der Waals surface area (Å²) in [6, 6.07) is 7.17. The highest BCUT2D eigenvalue weighted by Crippen LogP contribution is 2.26. The van der Waals surface area contributed by atoms with Crippen molar-refractivity contribution in [1.29, 1.82) is 5.26 Å². The van der Waals surface area contributed by atoms with Gasteiger partial charge in [0.15, 0.2) is 0 Å². The lowest BCUT2D eigenvalue weighted by molar-refractivity contribution is 0.681. The molecule has 0 aliphatic heterocycles. The van der Waals surface area contributed by atoms with E-state index in [2.05, 4.69) is 33.9 Å². The molecule has 1 N–H and O–H groups in total. The van der Waals surface area contributed by atoms with Gasteiger partial charge in [0.1, 0.15) is 6.04 Å². The lowest BCUT2D eigenvalue weighted by Gasteiger charge is -2.12. The summed E-state index contributed by atoms with van der Waals surface area (Å²) < 4.78 is 0.870. The van der Waals surface area contributed by atoms with Crippen LogP contribution in [0, 0.1) is 11.3 Å². The van der Waals surface area contributed by atoms with E-state index in [-0.39, 0.29) is 6.04 Å². The summed E-state index contributed by atoms with van der Waals surface area (Å²) in [5, 5.41) is 12.7. The zero-order valence-electron chi connectivity index (χ0n) is 8.00. The summed E-state index contributed by atoms with van der Waals surface area (Å²) in [6.45, 7) is 4.17. The molecule has 0 amide bonds. The highest BCUT2D eigenvalue weighted by atomic mass is 79.9. The molecule has 4 heteroatoms. The minimum absolute atomic E-state index is 0.379. The van der Waals surface area contributed by atoms with E-state index in [0.717, 1.165) is 10.0 Å². The van der Waals surface area contributed by atoms with E-state index in [0.29, 0.717) is 11.6 Å². The Labute approximate surface area is 103 Å². The van der Waals surface area contributed by atoms with E-state index >= 15 is 0 Å². The minimum Gasteiger partial charge on any atom is -0.295 e. The van der Waals surface area contributed by atoms with Gasteiger partial charge < -0.3 is 0 Å². The van der Waals surface area contributed by atoms with Crippen molar-refractivity contribution in [2.75, 3.05) is 6.54 Å². The van der Waals surface area contributed by atoms with Gasteiger partial charge in [-0.25, -0.2) is 0 Å². The standard InChI is InChI=1S/C11H10BrClN2/c1-2-5-15-11(7-14)9-6-8(13)3-4-10(9)12/h2-4,6,11,15H,1,5H2. The normalized spacial score (nSPS) is 11.8. The average molecular weight is 286 g/mol. The van der Waals surface area contributed by atoms with Crippen LogP contribution < -0.4 is 5.32 Å². The van der Waals surface area contributed by atoms with Crippen LogP contribution in [0.25, 0.3) is 0 Å². The molecular weight excluding hydrogens is 275 g/mol. The SMILES string of the molecule is C=CCNC(C#N)c1cc(Cl)ccc1Br. The maximum absolute atomic E-state index is 9.01. The molecule has 0 saturated heterocycles. The third kappa shape index (κ3) is 3.35. The van der Waals surface area contributed by atoms with E-state index in [9.17, 15) is 0 Å². The summed E-state index contributed by atoms with van der Waals surface area (Å²) >= 11 is 9.26. The molecule has 0 bridgehead atoms. The molecule has 0 fully saturated rings. The Morgan fingerprint density at radius 3 is 3.00 bits per heavy atom. The van der Waals surface area contributed by atoms with Crippen LogP contribution in [0.3, 0.4) is 0 Å². The van der Waals surface area contributed by atoms with Gasteiger partial charge in [0, 0.05) is 16.0 Å². The fourth-order valence-electron chi connectivity index (χ4n) is 1.16. The number of nitriles is 1. The van der Waals surface area contributed by atoms with E-state index in [1.165, 1.54) is 0 Å². The number of halogens is 2. The van der Waals surface area contributed by atoms with Crippen molar-refractivity contribution in [2.24, 2.45) is 0 Å². The first kappa shape index (κ1) is 12.3. The van der Waals surface area contributed by atoms with Gasteiger partial charge in [-0.2, -0.15) is 5.26 Å². The Balaban J connectivity index is 2.96. The summed E-state index contributed by atoms with van der Waals surface area (Å²) in [7, 11) is 0. The van der Waals surface area contributed by atoms with Crippen molar-refractivity contribution < 1.29 is 0 Å². The number of hydrogen-bond donors (Lipinski definition) is 1. The molecule has 1 aromatic carbocycles. The summed E-state index contributed by atoms with van der Waals surface area (Å²) in [6.07, 6.45) is 1.71. The molecule has 1 aromatic rings. The third-order valence-electron chi connectivity index (χ3n) is 1.86. The predicted molar refractivity (Wildman–Crippen MR) is 65.7 cm³/mol. The van der Waals surface area contributed by atoms with E-state index < -0.39 is 0 Å². The molecule has 78 valence electrons. The Bertz CT molecular complexity index is 398.